The van der Waals surface area contributed by atoms with E-state index in [9.17, 15) is 4.79 Å². The number of anilines is 1. The molecule has 1 rings (SSSR count). The second kappa shape index (κ2) is 5.81. The van der Waals surface area contributed by atoms with Gasteiger partial charge in [-0.05, 0) is 13.8 Å². The van der Waals surface area contributed by atoms with Gasteiger partial charge < -0.3 is 15.7 Å². The molecule has 1 unspecified atom stereocenters. The molecule has 0 spiro atoms. The van der Waals surface area contributed by atoms with Crippen molar-refractivity contribution < 1.29 is 9.90 Å². The monoisotopic (exact) mass is 243 g/mol. The maximum atomic E-state index is 10.6. The lowest BCUT2D eigenvalue weighted by Crippen LogP contribution is -2.31. The van der Waals surface area contributed by atoms with Gasteiger partial charge in [0.1, 0.15) is 6.04 Å². The molecule has 0 radical (unpaired) electrons. The van der Waals surface area contributed by atoms with Gasteiger partial charge in [-0.1, -0.05) is 0 Å². The summed E-state index contributed by atoms with van der Waals surface area (Å²) in [5.74, 6) is -0.974. The van der Waals surface area contributed by atoms with Crippen LogP contribution in [0.4, 0.5) is 5.13 Å². The van der Waals surface area contributed by atoms with E-state index in [2.05, 4.69) is 23.7 Å². The molecular weight excluding hydrogens is 226 g/mol. The van der Waals surface area contributed by atoms with Gasteiger partial charge in [-0.25, -0.2) is 4.98 Å². The molecule has 1 heterocycles. The Morgan fingerprint density at radius 3 is 2.75 bits per heavy atom. The van der Waals surface area contributed by atoms with Crippen LogP contribution in [0.3, 0.4) is 0 Å². The average molecular weight is 243 g/mol. The topological polar surface area (TPSA) is 79.5 Å². The molecule has 0 aromatic carbocycles. The first-order valence-corrected chi connectivity index (χ1v) is 6.08. The summed E-state index contributed by atoms with van der Waals surface area (Å²) in [4.78, 5) is 17.9. The number of carboxylic acid groups (broad SMARTS) is 1. The molecule has 0 amide bonds. The molecule has 5 nitrogen and oxygen atoms in total. The number of carboxylic acids is 1. The first-order chi connectivity index (χ1) is 7.58. The van der Waals surface area contributed by atoms with Gasteiger partial charge in [-0.2, -0.15) is 0 Å². The van der Waals surface area contributed by atoms with Crippen molar-refractivity contribution in [1.29, 1.82) is 0 Å². The summed E-state index contributed by atoms with van der Waals surface area (Å²) in [6.45, 7) is 5.92. The first kappa shape index (κ1) is 12.9. The SMILES string of the molecule is CCN(CC)c1ncc(CC(N)C(=O)O)s1. The third-order valence-electron chi connectivity index (χ3n) is 2.31. The van der Waals surface area contributed by atoms with E-state index >= 15 is 0 Å². The zero-order chi connectivity index (χ0) is 12.1. The fourth-order valence-electron chi connectivity index (χ4n) is 1.34. The third-order valence-corrected chi connectivity index (χ3v) is 3.39. The Morgan fingerprint density at radius 2 is 2.25 bits per heavy atom. The molecule has 0 bridgehead atoms. The molecule has 0 fully saturated rings. The third kappa shape index (κ3) is 3.18. The zero-order valence-electron chi connectivity index (χ0n) is 9.51. The van der Waals surface area contributed by atoms with Gasteiger partial charge in [-0.3, -0.25) is 4.79 Å². The van der Waals surface area contributed by atoms with Crippen LogP contribution in [0.15, 0.2) is 6.20 Å². The van der Waals surface area contributed by atoms with Crippen molar-refractivity contribution in [2.45, 2.75) is 26.3 Å². The van der Waals surface area contributed by atoms with E-state index in [0.717, 1.165) is 23.1 Å². The van der Waals surface area contributed by atoms with Crippen LogP contribution in [-0.4, -0.2) is 35.2 Å². The molecule has 0 aliphatic carbocycles. The van der Waals surface area contributed by atoms with E-state index in [1.165, 1.54) is 11.3 Å². The van der Waals surface area contributed by atoms with Crippen LogP contribution in [0.1, 0.15) is 18.7 Å². The lowest BCUT2D eigenvalue weighted by atomic mass is 10.2. The molecule has 3 N–H and O–H groups in total. The number of hydrogen-bond donors (Lipinski definition) is 2. The standard InChI is InChI=1S/C10H17N3O2S/c1-3-13(4-2)10-12-6-7(16-10)5-8(11)9(14)15/h6,8H,3-5,11H2,1-2H3,(H,14,15). The number of aromatic nitrogens is 1. The summed E-state index contributed by atoms with van der Waals surface area (Å²) < 4.78 is 0. The van der Waals surface area contributed by atoms with Gasteiger partial charge in [0, 0.05) is 30.6 Å². The number of rotatable bonds is 6. The Kier molecular flexibility index (Phi) is 4.70. The van der Waals surface area contributed by atoms with E-state index in [1.807, 2.05) is 0 Å². The van der Waals surface area contributed by atoms with Gasteiger partial charge in [0.05, 0.1) is 0 Å². The maximum Gasteiger partial charge on any atom is 0.320 e. The van der Waals surface area contributed by atoms with Gasteiger partial charge >= 0.3 is 5.97 Å². The van der Waals surface area contributed by atoms with Gasteiger partial charge in [0.2, 0.25) is 0 Å². The van der Waals surface area contributed by atoms with Crippen LogP contribution < -0.4 is 10.6 Å². The van der Waals surface area contributed by atoms with Crippen molar-refractivity contribution in [3.05, 3.63) is 11.1 Å². The summed E-state index contributed by atoms with van der Waals surface area (Å²) in [7, 11) is 0. The zero-order valence-corrected chi connectivity index (χ0v) is 10.3. The van der Waals surface area contributed by atoms with Crippen LogP contribution in [0, 0.1) is 0 Å². The van der Waals surface area contributed by atoms with Crippen LogP contribution in [0.5, 0.6) is 0 Å². The van der Waals surface area contributed by atoms with Crippen molar-refractivity contribution in [3.8, 4) is 0 Å². The highest BCUT2D eigenvalue weighted by molar-refractivity contribution is 7.15. The maximum absolute atomic E-state index is 10.6. The van der Waals surface area contributed by atoms with Gasteiger partial charge in [0.25, 0.3) is 0 Å². The summed E-state index contributed by atoms with van der Waals surface area (Å²) in [5, 5.41) is 9.63. The van der Waals surface area contributed by atoms with Gasteiger partial charge in [0.15, 0.2) is 5.13 Å². The Bertz CT molecular complexity index is 350. The molecule has 1 aromatic rings. The van der Waals surface area contributed by atoms with Crippen molar-refractivity contribution in [2.24, 2.45) is 5.73 Å². The summed E-state index contributed by atoms with van der Waals surface area (Å²) in [5.41, 5.74) is 5.46. The molecule has 0 saturated heterocycles. The van der Waals surface area contributed by atoms with Crippen LogP contribution in [0.2, 0.25) is 0 Å². The number of nitrogens with zero attached hydrogens (tertiary/aromatic N) is 2. The predicted octanol–water partition coefficient (Wildman–Crippen LogP) is 0.944. The molecule has 0 saturated carbocycles. The molecule has 16 heavy (non-hydrogen) atoms. The average Bonchev–Trinajstić information content (AvgIpc) is 2.68. The Balaban J connectivity index is 2.67. The normalized spacial score (nSPS) is 12.4. The largest absolute Gasteiger partial charge is 0.480 e. The summed E-state index contributed by atoms with van der Waals surface area (Å²) >= 11 is 1.51. The van der Waals surface area contributed by atoms with E-state index in [1.54, 1.807) is 6.20 Å². The quantitative estimate of drug-likeness (QED) is 0.777. The van der Waals surface area contributed by atoms with Crippen molar-refractivity contribution in [1.82, 2.24) is 4.98 Å². The molecular formula is C10H17N3O2S. The van der Waals surface area contributed by atoms with E-state index in [0.29, 0.717) is 6.42 Å². The van der Waals surface area contributed by atoms with Crippen molar-refractivity contribution in [3.63, 3.8) is 0 Å². The predicted molar refractivity (Wildman–Crippen MR) is 65.0 cm³/mol. The Labute approximate surface area is 98.9 Å². The molecule has 0 aliphatic rings. The highest BCUT2D eigenvalue weighted by Crippen LogP contribution is 2.22. The highest BCUT2D eigenvalue weighted by Gasteiger charge is 2.15. The lowest BCUT2D eigenvalue weighted by Gasteiger charge is -2.16. The van der Waals surface area contributed by atoms with E-state index in [-0.39, 0.29) is 0 Å². The minimum atomic E-state index is -0.974. The molecule has 90 valence electrons. The second-order valence-electron chi connectivity index (χ2n) is 3.43. The number of hydrogen-bond acceptors (Lipinski definition) is 5. The molecule has 0 aliphatic heterocycles. The van der Waals surface area contributed by atoms with Crippen LogP contribution >= 0.6 is 11.3 Å². The second-order valence-corrected chi connectivity index (χ2v) is 4.52. The molecule has 1 atom stereocenters. The minimum absolute atomic E-state index is 0.342. The number of nitrogens with two attached hydrogens (primary N) is 1. The lowest BCUT2D eigenvalue weighted by molar-refractivity contribution is -0.138. The first-order valence-electron chi connectivity index (χ1n) is 5.26. The smallest absolute Gasteiger partial charge is 0.320 e. The fourth-order valence-corrected chi connectivity index (χ4v) is 2.43. The minimum Gasteiger partial charge on any atom is -0.480 e. The highest BCUT2D eigenvalue weighted by atomic mass is 32.1. The van der Waals surface area contributed by atoms with E-state index in [4.69, 9.17) is 10.8 Å². The molecule has 6 heteroatoms. The number of carbonyl (C=O) groups is 1. The number of thiazole rings is 1. The van der Waals surface area contributed by atoms with Crippen LogP contribution in [0.25, 0.3) is 0 Å². The Hall–Kier alpha value is -1.14. The molecule has 1 aromatic heterocycles. The van der Waals surface area contributed by atoms with Gasteiger partial charge in [-0.15, -0.1) is 11.3 Å². The van der Waals surface area contributed by atoms with Crippen LogP contribution in [-0.2, 0) is 11.2 Å². The summed E-state index contributed by atoms with van der Waals surface area (Å²) in [6, 6.07) is -0.843. The van der Waals surface area contributed by atoms with Crippen molar-refractivity contribution >= 4 is 22.4 Å². The van der Waals surface area contributed by atoms with E-state index < -0.39 is 12.0 Å². The number of aliphatic carboxylic acids is 1. The fraction of sp³-hybridized carbons (Fsp3) is 0.600. The summed E-state index contributed by atoms with van der Waals surface area (Å²) in [6.07, 6.45) is 2.05. The Morgan fingerprint density at radius 1 is 1.62 bits per heavy atom. The van der Waals surface area contributed by atoms with Crippen molar-refractivity contribution in [2.75, 3.05) is 18.0 Å².